The predicted molar refractivity (Wildman–Crippen MR) is 105 cm³/mol. The van der Waals surface area contributed by atoms with Crippen molar-refractivity contribution in [1.29, 1.82) is 0 Å². The molecule has 2 aromatic rings. The summed E-state index contributed by atoms with van der Waals surface area (Å²) in [5, 5.41) is 3.14. The summed E-state index contributed by atoms with van der Waals surface area (Å²) in [5.74, 6) is 1.77. The first kappa shape index (κ1) is 17.7. The van der Waals surface area contributed by atoms with E-state index in [-0.39, 0.29) is 5.25 Å². The number of rotatable bonds is 5. The van der Waals surface area contributed by atoms with Gasteiger partial charge in [-0.3, -0.25) is 4.21 Å². The lowest BCUT2D eigenvalue weighted by atomic mass is 9.94. The smallest absolute Gasteiger partial charge is 0.129 e. The van der Waals surface area contributed by atoms with Crippen LogP contribution < -0.4 is 4.90 Å². The highest BCUT2D eigenvalue weighted by Gasteiger charge is 2.30. The largest absolute Gasteiger partial charge is 0.370 e. The Morgan fingerprint density at radius 2 is 1.96 bits per heavy atom. The highest BCUT2D eigenvalue weighted by molar-refractivity contribution is 7.85. The normalized spacial score (nSPS) is 16.9. The third-order valence-corrected chi connectivity index (χ3v) is 6.78. The Kier molecular flexibility index (Phi) is 5.16. The molecule has 5 heteroatoms. The van der Waals surface area contributed by atoms with Gasteiger partial charge in [-0.15, -0.1) is 0 Å². The molecule has 130 valence electrons. The van der Waals surface area contributed by atoms with Gasteiger partial charge in [-0.05, 0) is 29.0 Å². The second-order valence-electron chi connectivity index (χ2n) is 7.25. The van der Waals surface area contributed by atoms with Crippen molar-refractivity contribution in [2.75, 3.05) is 23.7 Å². The quantitative estimate of drug-likeness (QED) is 0.726. The van der Waals surface area contributed by atoms with Crippen LogP contribution in [0.5, 0.6) is 0 Å². The maximum atomic E-state index is 12.0. The number of fused-ring (bicyclic) bond motifs is 1. The molecule has 2 heterocycles. The van der Waals surface area contributed by atoms with E-state index in [4.69, 9.17) is 11.6 Å². The first-order valence-electron chi connectivity index (χ1n) is 8.57. The summed E-state index contributed by atoms with van der Waals surface area (Å²) in [6.07, 6.45) is 1.89. The van der Waals surface area contributed by atoms with Crippen molar-refractivity contribution in [3.8, 4) is 0 Å². The molecule has 0 saturated carbocycles. The minimum Gasteiger partial charge on any atom is -0.370 e. The fraction of sp³-hybridized carbons (Fsp3) is 0.526. The summed E-state index contributed by atoms with van der Waals surface area (Å²) in [4.78, 5) is 6.66. The average Bonchev–Trinajstić information content (AvgIpc) is 2.48. The second kappa shape index (κ2) is 7.01. The molecule has 1 atom stereocenters. The van der Waals surface area contributed by atoms with Crippen LogP contribution in [0.4, 0.5) is 5.69 Å². The zero-order valence-corrected chi connectivity index (χ0v) is 16.3. The molecule has 24 heavy (non-hydrogen) atoms. The Morgan fingerprint density at radius 3 is 2.58 bits per heavy atom. The van der Waals surface area contributed by atoms with Crippen LogP contribution in [0.3, 0.4) is 0 Å². The Bertz CT molecular complexity index is 769. The van der Waals surface area contributed by atoms with Crippen molar-refractivity contribution >= 4 is 38.9 Å². The van der Waals surface area contributed by atoms with E-state index >= 15 is 0 Å². The average molecular weight is 365 g/mol. The minimum atomic E-state index is -0.718. The van der Waals surface area contributed by atoms with Crippen molar-refractivity contribution < 1.29 is 4.21 Å². The standard InChI is InChI=1S/C19H25ClN2OS/c1-12(2)15-5-6-18(17-8-21-19(20)7-16(15)17)22-9-14(10-22)11-24(23)13(3)4/h5-8,12-14H,9-11H2,1-4H3. The van der Waals surface area contributed by atoms with Gasteiger partial charge in [-0.1, -0.05) is 45.4 Å². The monoisotopic (exact) mass is 364 g/mol. The SMILES string of the molecule is CC(C)c1ccc(N2CC(CS(=O)C(C)C)C2)c2cnc(Cl)cc12. The van der Waals surface area contributed by atoms with Gasteiger partial charge >= 0.3 is 0 Å². The molecule has 3 nitrogen and oxygen atoms in total. The van der Waals surface area contributed by atoms with Gasteiger partial charge in [0.1, 0.15) is 5.15 Å². The van der Waals surface area contributed by atoms with E-state index in [9.17, 15) is 4.21 Å². The van der Waals surface area contributed by atoms with Crippen molar-refractivity contribution in [2.45, 2.75) is 38.9 Å². The molecule has 1 fully saturated rings. The second-order valence-corrected chi connectivity index (χ2v) is 9.67. The molecular formula is C19H25ClN2OS. The van der Waals surface area contributed by atoms with Crippen LogP contribution in [0.2, 0.25) is 5.15 Å². The fourth-order valence-corrected chi connectivity index (χ4v) is 4.52. The third kappa shape index (κ3) is 3.45. The van der Waals surface area contributed by atoms with Gasteiger partial charge in [0.05, 0.1) is 0 Å². The minimum absolute atomic E-state index is 0.247. The first-order valence-corrected chi connectivity index (χ1v) is 10.3. The summed E-state index contributed by atoms with van der Waals surface area (Å²) in [6.45, 7) is 10.4. The van der Waals surface area contributed by atoms with Gasteiger partial charge in [0.2, 0.25) is 0 Å². The molecule has 1 unspecified atom stereocenters. The zero-order valence-electron chi connectivity index (χ0n) is 14.8. The number of nitrogens with zero attached hydrogens (tertiary/aromatic N) is 2. The Labute approximate surface area is 151 Å². The van der Waals surface area contributed by atoms with Crippen LogP contribution in [0.25, 0.3) is 10.8 Å². The molecule has 3 rings (SSSR count). The number of benzene rings is 1. The van der Waals surface area contributed by atoms with Crippen LogP contribution in [-0.2, 0) is 10.8 Å². The lowest BCUT2D eigenvalue weighted by molar-refractivity contribution is 0.451. The lowest BCUT2D eigenvalue weighted by Crippen LogP contribution is -2.49. The van der Waals surface area contributed by atoms with E-state index in [1.807, 2.05) is 26.1 Å². The van der Waals surface area contributed by atoms with Crippen LogP contribution >= 0.6 is 11.6 Å². The molecule has 0 N–H and O–H groups in total. The van der Waals surface area contributed by atoms with Crippen LogP contribution in [0.1, 0.15) is 39.2 Å². The van der Waals surface area contributed by atoms with Gasteiger partial charge in [-0.25, -0.2) is 4.98 Å². The number of hydrogen-bond acceptors (Lipinski definition) is 3. The zero-order chi connectivity index (χ0) is 17.4. The number of halogens is 1. The van der Waals surface area contributed by atoms with Crippen molar-refractivity contribution in [3.05, 3.63) is 35.1 Å². The highest BCUT2D eigenvalue weighted by atomic mass is 35.5. The summed E-state index contributed by atoms with van der Waals surface area (Å²) >= 11 is 6.13. The Balaban J connectivity index is 1.85. The topological polar surface area (TPSA) is 33.2 Å². The molecule has 0 bridgehead atoms. The van der Waals surface area contributed by atoms with Crippen LogP contribution in [0, 0.1) is 5.92 Å². The lowest BCUT2D eigenvalue weighted by Gasteiger charge is -2.41. The van der Waals surface area contributed by atoms with E-state index in [1.165, 1.54) is 16.6 Å². The molecule has 1 aromatic carbocycles. The summed E-state index contributed by atoms with van der Waals surface area (Å²) in [6, 6.07) is 6.38. The molecule has 0 aliphatic carbocycles. The Hall–Kier alpha value is -1.13. The maximum absolute atomic E-state index is 12.0. The van der Waals surface area contributed by atoms with Gasteiger partial charge < -0.3 is 4.90 Å². The van der Waals surface area contributed by atoms with E-state index < -0.39 is 10.8 Å². The molecule has 1 aromatic heterocycles. The van der Waals surface area contributed by atoms with Gasteiger partial charge in [0.15, 0.2) is 0 Å². The Morgan fingerprint density at radius 1 is 1.25 bits per heavy atom. The van der Waals surface area contributed by atoms with E-state index in [1.54, 1.807) is 0 Å². The van der Waals surface area contributed by atoms with Crippen LogP contribution in [0.15, 0.2) is 24.4 Å². The molecule has 1 aliphatic rings. The maximum Gasteiger partial charge on any atom is 0.129 e. The molecule has 0 spiro atoms. The van der Waals surface area contributed by atoms with E-state index in [0.717, 1.165) is 24.2 Å². The number of pyridine rings is 1. The number of aromatic nitrogens is 1. The molecule has 0 amide bonds. The summed E-state index contributed by atoms with van der Waals surface area (Å²) in [7, 11) is -0.718. The van der Waals surface area contributed by atoms with Gasteiger partial charge in [0, 0.05) is 58.1 Å². The summed E-state index contributed by atoms with van der Waals surface area (Å²) in [5.41, 5.74) is 2.51. The van der Waals surface area contributed by atoms with Gasteiger partial charge in [-0.2, -0.15) is 0 Å². The van der Waals surface area contributed by atoms with Crippen LogP contribution in [-0.4, -0.2) is 33.3 Å². The third-order valence-electron chi connectivity index (χ3n) is 4.72. The van der Waals surface area contributed by atoms with Crippen molar-refractivity contribution in [1.82, 2.24) is 4.98 Å². The molecule has 0 radical (unpaired) electrons. The molecule has 1 saturated heterocycles. The fourth-order valence-electron chi connectivity index (χ4n) is 3.30. The first-order chi connectivity index (χ1) is 11.4. The predicted octanol–water partition coefficient (Wildman–Crippen LogP) is 4.60. The molecular weight excluding hydrogens is 340 g/mol. The number of anilines is 1. The highest BCUT2D eigenvalue weighted by Crippen LogP contribution is 2.36. The van der Waals surface area contributed by atoms with Crippen molar-refractivity contribution in [3.63, 3.8) is 0 Å². The van der Waals surface area contributed by atoms with Gasteiger partial charge in [0.25, 0.3) is 0 Å². The number of hydrogen-bond donors (Lipinski definition) is 0. The van der Waals surface area contributed by atoms with E-state index in [2.05, 4.69) is 35.9 Å². The van der Waals surface area contributed by atoms with Crippen molar-refractivity contribution in [2.24, 2.45) is 5.92 Å². The summed E-state index contributed by atoms with van der Waals surface area (Å²) < 4.78 is 12.0. The van der Waals surface area contributed by atoms with E-state index in [0.29, 0.717) is 17.0 Å². The molecule has 1 aliphatic heterocycles.